The van der Waals surface area contributed by atoms with Crippen molar-refractivity contribution in [2.45, 2.75) is 39.7 Å². The maximum Gasteiger partial charge on any atom is 0.255 e. The number of aldehydes is 1. The molecule has 0 radical (unpaired) electrons. The summed E-state index contributed by atoms with van der Waals surface area (Å²) in [6, 6.07) is 0. The molecule has 0 saturated carbocycles. The Balaban J connectivity index is 2.92. The van der Waals surface area contributed by atoms with Gasteiger partial charge in [0.15, 0.2) is 0 Å². The van der Waals surface area contributed by atoms with Crippen LogP contribution in [-0.2, 0) is 4.79 Å². The van der Waals surface area contributed by atoms with Crippen molar-refractivity contribution in [2.75, 3.05) is 10.3 Å². The molecule has 7 nitrogen and oxygen atoms in total. The zero-order valence-corrected chi connectivity index (χ0v) is 13.0. The van der Waals surface area contributed by atoms with Gasteiger partial charge in [0.25, 0.3) is 5.95 Å². The van der Waals surface area contributed by atoms with Crippen LogP contribution in [0.15, 0.2) is 24.2 Å². The lowest BCUT2D eigenvalue weighted by Crippen LogP contribution is -2.37. The minimum Gasteiger partial charge on any atom is -0.349 e. The van der Waals surface area contributed by atoms with Crippen LogP contribution in [-0.4, -0.2) is 33.5 Å². The Morgan fingerprint density at radius 1 is 1.38 bits per heavy atom. The van der Waals surface area contributed by atoms with Crippen molar-refractivity contribution in [3.8, 4) is 0 Å². The van der Waals surface area contributed by atoms with Gasteiger partial charge in [-0.1, -0.05) is 20.4 Å². The van der Waals surface area contributed by atoms with E-state index >= 15 is 0 Å². The second-order valence-electron chi connectivity index (χ2n) is 6.07. The summed E-state index contributed by atoms with van der Waals surface area (Å²) >= 11 is 0. The van der Waals surface area contributed by atoms with Gasteiger partial charge in [-0.2, -0.15) is 15.1 Å². The Morgan fingerprint density at radius 2 is 2.05 bits per heavy atom. The number of hydrazone groups is 1. The van der Waals surface area contributed by atoms with Gasteiger partial charge in [0.2, 0.25) is 5.95 Å². The van der Waals surface area contributed by atoms with Crippen LogP contribution in [0.25, 0.3) is 0 Å². The molecule has 0 unspecified atom stereocenters. The number of anilines is 2. The zero-order valence-electron chi connectivity index (χ0n) is 13.0. The molecule has 0 aliphatic carbocycles. The fourth-order valence-corrected chi connectivity index (χ4v) is 2.19. The van der Waals surface area contributed by atoms with Crippen molar-refractivity contribution < 1.29 is 4.79 Å². The SMILES string of the molecule is C=CN(N=C)c1ncnc(NC(C)(C)CC(C)(C)C=O)n1. The van der Waals surface area contributed by atoms with Gasteiger partial charge in [-0.3, -0.25) is 0 Å². The molecule has 1 heterocycles. The minimum absolute atomic E-state index is 0.322. The number of carbonyl (C=O) groups is 1. The quantitative estimate of drug-likeness (QED) is 0.449. The van der Waals surface area contributed by atoms with Crippen LogP contribution in [0.5, 0.6) is 0 Å². The van der Waals surface area contributed by atoms with E-state index in [1.807, 2.05) is 27.7 Å². The van der Waals surface area contributed by atoms with Gasteiger partial charge in [0, 0.05) is 23.9 Å². The van der Waals surface area contributed by atoms with E-state index in [9.17, 15) is 4.79 Å². The van der Waals surface area contributed by atoms with Gasteiger partial charge in [-0.25, -0.2) is 9.99 Å². The molecule has 114 valence electrons. The van der Waals surface area contributed by atoms with Crippen molar-refractivity contribution in [3.63, 3.8) is 0 Å². The number of carbonyl (C=O) groups excluding carboxylic acids is 1. The average molecular weight is 290 g/mol. The first-order chi connectivity index (χ1) is 9.73. The number of aromatic nitrogens is 3. The molecule has 0 atom stereocenters. The summed E-state index contributed by atoms with van der Waals surface area (Å²) in [7, 11) is 0. The van der Waals surface area contributed by atoms with Crippen LogP contribution < -0.4 is 10.3 Å². The van der Waals surface area contributed by atoms with E-state index in [4.69, 9.17) is 0 Å². The molecular weight excluding hydrogens is 268 g/mol. The molecule has 0 aromatic carbocycles. The summed E-state index contributed by atoms with van der Waals surface area (Å²) in [5, 5.41) is 8.28. The van der Waals surface area contributed by atoms with Gasteiger partial charge in [-0.15, -0.1) is 0 Å². The molecule has 1 N–H and O–H groups in total. The molecule has 1 aromatic heterocycles. The monoisotopic (exact) mass is 290 g/mol. The molecule has 0 amide bonds. The van der Waals surface area contributed by atoms with E-state index in [0.717, 1.165) is 6.29 Å². The maximum absolute atomic E-state index is 11.1. The molecule has 0 saturated heterocycles. The molecule has 0 fully saturated rings. The Bertz CT molecular complexity index is 518. The lowest BCUT2D eigenvalue weighted by atomic mass is 9.81. The third kappa shape index (κ3) is 4.94. The highest BCUT2D eigenvalue weighted by Crippen LogP contribution is 2.27. The van der Waals surface area contributed by atoms with Crippen LogP contribution in [0.2, 0.25) is 0 Å². The average Bonchev–Trinajstić information content (AvgIpc) is 2.39. The molecule has 0 aliphatic heterocycles. The first-order valence-corrected chi connectivity index (χ1v) is 6.55. The van der Waals surface area contributed by atoms with Crippen LogP contribution in [0, 0.1) is 5.41 Å². The van der Waals surface area contributed by atoms with Crippen molar-refractivity contribution in [2.24, 2.45) is 10.5 Å². The topological polar surface area (TPSA) is 83.4 Å². The molecule has 21 heavy (non-hydrogen) atoms. The van der Waals surface area contributed by atoms with Crippen LogP contribution in [0.1, 0.15) is 34.1 Å². The number of hydrogen-bond acceptors (Lipinski definition) is 7. The lowest BCUT2D eigenvalue weighted by molar-refractivity contribution is -0.115. The van der Waals surface area contributed by atoms with E-state index < -0.39 is 5.41 Å². The lowest BCUT2D eigenvalue weighted by Gasteiger charge is -2.32. The highest BCUT2D eigenvalue weighted by atomic mass is 16.1. The van der Waals surface area contributed by atoms with Crippen molar-refractivity contribution in [1.29, 1.82) is 0 Å². The van der Waals surface area contributed by atoms with Crippen LogP contribution >= 0.6 is 0 Å². The van der Waals surface area contributed by atoms with E-state index in [0.29, 0.717) is 18.3 Å². The van der Waals surface area contributed by atoms with Crippen molar-refractivity contribution in [3.05, 3.63) is 19.1 Å². The number of nitrogens with one attached hydrogen (secondary N) is 1. The number of hydrogen-bond donors (Lipinski definition) is 1. The highest BCUT2D eigenvalue weighted by molar-refractivity contribution is 5.58. The molecule has 1 rings (SSSR count). The highest BCUT2D eigenvalue weighted by Gasteiger charge is 2.29. The minimum atomic E-state index is -0.428. The van der Waals surface area contributed by atoms with E-state index in [-0.39, 0.29) is 5.54 Å². The standard InChI is InChI=1S/C14H22N6O/c1-7-20(15-6)12-17-10-16-11(18-12)19-14(4,5)8-13(2,3)9-21/h7,9-10H,1,6,8H2,2-5H3,(H,16,17,18,19). The summed E-state index contributed by atoms with van der Waals surface area (Å²) in [4.78, 5) is 23.4. The molecule has 7 heteroatoms. The van der Waals surface area contributed by atoms with E-state index in [2.05, 4.69) is 38.7 Å². The molecule has 0 aliphatic rings. The predicted molar refractivity (Wildman–Crippen MR) is 84.2 cm³/mol. The Kier molecular flexibility index (Phi) is 5.12. The smallest absolute Gasteiger partial charge is 0.255 e. The normalized spacial score (nSPS) is 11.6. The first-order valence-electron chi connectivity index (χ1n) is 6.55. The molecular formula is C14H22N6O. The Morgan fingerprint density at radius 3 is 2.57 bits per heavy atom. The first kappa shape index (κ1) is 16.7. The third-order valence-corrected chi connectivity index (χ3v) is 2.76. The second kappa shape index (κ2) is 6.43. The fourth-order valence-electron chi connectivity index (χ4n) is 2.19. The van der Waals surface area contributed by atoms with Crippen molar-refractivity contribution in [1.82, 2.24) is 15.0 Å². The summed E-state index contributed by atoms with van der Waals surface area (Å²) in [6.45, 7) is 14.8. The maximum atomic E-state index is 11.1. The molecule has 0 bridgehead atoms. The summed E-state index contributed by atoms with van der Waals surface area (Å²) in [5.41, 5.74) is -0.786. The van der Waals surface area contributed by atoms with Gasteiger partial charge in [0.05, 0.1) is 0 Å². The van der Waals surface area contributed by atoms with E-state index in [1.165, 1.54) is 17.5 Å². The summed E-state index contributed by atoms with van der Waals surface area (Å²) < 4.78 is 0. The van der Waals surface area contributed by atoms with Gasteiger partial charge < -0.3 is 10.1 Å². The van der Waals surface area contributed by atoms with Gasteiger partial charge in [0.1, 0.15) is 12.6 Å². The van der Waals surface area contributed by atoms with Crippen molar-refractivity contribution >= 4 is 24.9 Å². The van der Waals surface area contributed by atoms with Crippen LogP contribution in [0.4, 0.5) is 11.9 Å². The molecule has 1 aromatic rings. The molecule has 0 spiro atoms. The van der Waals surface area contributed by atoms with Gasteiger partial charge in [-0.05, 0) is 20.3 Å². The fraction of sp³-hybridized carbons (Fsp3) is 0.500. The van der Waals surface area contributed by atoms with E-state index in [1.54, 1.807) is 0 Å². The number of nitrogens with zero attached hydrogens (tertiary/aromatic N) is 5. The largest absolute Gasteiger partial charge is 0.349 e. The van der Waals surface area contributed by atoms with Crippen LogP contribution in [0.3, 0.4) is 0 Å². The number of rotatable bonds is 8. The Labute approximate surface area is 125 Å². The Hall–Kier alpha value is -2.31. The summed E-state index contributed by atoms with van der Waals surface area (Å²) in [5.74, 6) is 0.727. The predicted octanol–water partition coefficient (Wildman–Crippen LogP) is 2.24. The third-order valence-electron chi connectivity index (χ3n) is 2.76. The summed E-state index contributed by atoms with van der Waals surface area (Å²) in [6.07, 6.45) is 4.42. The second-order valence-corrected chi connectivity index (χ2v) is 6.07. The van der Waals surface area contributed by atoms with Gasteiger partial charge >= 0.3 is 0 Å². The zero-order chi connectivity index (χ0) is 16.1.